The van der Waals surface area contributed by atoms with Crippen molar-refractivity contribution >= 4 is 27.6 Å². The molecule has 0 radical (unpaired) electrons. The molecule has 4 aliphatic carbocycles. The van der Waals surface area contributed by atoms with Gasteiger partial charge in [0.25, 0.3) is 15.9 Å². The molecule has 0 saturated heterocycles. The lowest BCUT2D eigenvalue weighted by Crippen LogP contribution is -2.60. The molecule has 0 heterocycles. The zero-order valence-corrected chi connectivity index (χ0v) is 20.1. The zero-order chi connectivity index (χ0) is 23.9. The molecule has 4 fully saturated rings. The van der Waals surface area contributed by atoms with E-state index in [0.717, 1.165) is 23.6 Å². The predicted molar refractivity (Wildman–Crippen MR) is 128 cm³/mol. The maximum atomic E-state index is 13.3. The van der Waals surface area contributed by atoms with Gasteiger partial charge < -0.3 is 10.1 Å². The number of carbonyl (C=O) groups excluding carboxylic acids is 2. The molecule has 8 heteroatoms. The standard InChI is InChI=1S/C26H30N2O5S/c1-28(21-7-3-2-4-8-21)34(31,32)23-10-6-5-9-22(23)25(30)33-17-24(29)27-26-14-18-11-19(15-26)13-20(12-18)16-26/h2-10,18-20H,11-17H2,1H3,(H,27,29). The maximum absolute atomic E-state index is 13.3. The van der Waals surface area contributed by atoms with E-state index in [-0.39, 0.29) is 21.9 Å². The average molecular weight is 483 g/mol. The molecule has 0 aliphatic heterocycles. The van der Waals surface area contributed by atoms with Crippen LogP contribution in [0.1, 0.15) is 48.9 Å². The number of ether oxygens (including phenoxy) is 1. The molecule has 180 valence electrons. The number of nitrogens with one attached hydrogen (secondary N) is 1. The van der Waals surface area contributed by atoms with Crippen molar-refractivity contribution in [1.82, 2.24) is 5.32 Å². The second-order valence-electron chi connectivity index (χ2n) is 10.1. The summed E-state index contributed by atoms with van der Waals surface area (Å²) < 4.78 is 32.9. The molecule has 2 aromatic rings. The lowest BCUT2D eigenvalue weighted by atomic mass is 9.53. The van der Waals surface area contributed by atoms with Crippen molar-refractivity contribution in [1.29, 1.82) is 0 Å². The number of sulfonamides is 1. The Morgan fingerprint density at radius 1 is 0.941 bits per heavy atom. The van der Waals surface area contributed by atoms with E-state index in [9.17, 15) is 18.0 Å². The summed E-state index contributed by atoms with van der Waals surface area (Å²) in [6.07, 6.45) is 6.83. The fourth-order valence-electron chi connectivity index (χ4n) is 6.59. The van der Waals surface area contributed by atoms with Gasteiger partial charge in [-0.05, 0) is 80.5 Å². The largest absolute Gasteiger partial charge is 0.452 e. The molecule has 2 aromatic carbocycles. The van der Waals surface area contributed by atoms with Gasteiger partial charge >= 0.3 is 5.97 Å². The highest BCUT2D eigenvalue weighted by molar-refractivity contribution is 7.92. The van der Waals surface area contributed by atoms with Crippen LogP contribution >= 0.6 is 0 Å². The molecule has 4 aliphatic rings. The minimum atomic E-state index is -4.01. The molecule has 7 nitrogen and oxygen atoms in total. The van der Waals surface area contributed by atoms with Crippen LogP contribution in [0.15, 0.2) is 59.5 Å². The third-order valence-electron chi connectivity index (χ3n) is 7.64. The van der Waals surface area contributed by atoms with Crippen molar-refractivity contribution in [2.24, 2.45) is 17.8 Å². The molecule has 0 unspecified atom stereocenters. The molecule has 0 spiro atoms. The van der Waals surface area contributed by atoms with Crippen LogP contribution < -0.4 is 9.62 Å². The summed E-state index contributed by atoms with van der Waals surface area (Å²) >= 11 is 0. The van der Waals surface area contributed by atoms with Gasteiger partial charge in [-0.15, -0.1) is 0 Å². The number of nitrogens with zero attached hydrogens (tertiary/aromatic N) is 1. The van der Waals surface area contributed by atoms with Crippen molar-refractivity contribution in [2.45, 2.75) is 49.0 Å². The Balaban J connectivity index is 1.26. The zero-order valence-electron chi connectivity index (χ0n) is 19.3. The van der Waals surface area contributed by atoms with Gasteiger partial charge in [-0.3, -0.25) is 9.10 Å². The van der Waals surface area contributed by atoms with Crippen LogP contribution in [-0.2, 0) is 19.6 Å². The van der Waals surface area contributed by atoms with E-state index in [0.29, 0.717) is 23.4 Å². The van der Waals surface area contributed by atoms with Gasteiger partial charge in [0.2, 0.25) is 0 Å². The molecule has 1 amide bonds. The third-order valence-corrected chi connectivity index (χ3v) is 9.49. The smallest absolute Gasteiger partial charge is 0.340 e. The molecule has 0 atom stereocenters. The van der Waals surface area contributed by atoms with Gasteiger partial charge in [0.05, 0.1) is 11.3 Å². The molecule has 1 N–H and O–H groups in total. The van der Waals surface area contributed by atoms with E-state index < -0.39 is 22.6 Å². The van der Waals surface area contributed by atoms with Crippen LogP contribution in [0.2, 0.25) is 0 Å². The quantitative estimate of drug-likeness (QED) is 0.607. The first-order valence-electron chi connectivity index (χ1n) is 11.9. The molecule has 0 aromatic heterocycles. The number of hydrogen-bond donors (Lipinski definition) is 1. The highest BCUT2D eigenvalue weighted by Crippen LogP contribution is 2.55. The van der Waals surface area contributed by atoms with Crippen LogP contribution in [0.5, 0.6) is 0 Å². The third kappa shape index (κ3) is 4.31. The number of benzene rings is 2. The number of anilines is 1. The summed E-state index contributed by atoms with van der Waals surface area (Å²) in [5.41, 5.74) is 0.214. The number of hydrogen-bond acceptors (Lipinski definition) is 5. The Bertz CT molecular complexity index is 1160. The van der Waals surface area contributed by atoms with Crippen LogP contribution in [-0.4, -0.2) is 39.5 Å². The van der Waals surface area contributed by atoms with Gasteiger partial charge in [0.15, 0.2) is 6.61 Å². The van der Waals surface area contributed by atoms with Crippen LogP contribution in [0.4, 0.5) is 5.69 Å². The maximum Gasteiger partial charge on any atom is 0.340 e. The van der Waals surface area contributed by atoms with E-state index >= 15 is 0 Å². The van der Waals surface area contributed by atoms with Crippen molar-refractivity contribution in [3.63, 3.8) is 0 Å². The monoisotopic (exact) mass is 482 g/mol. The summed E-state index contributed by atoms with van der Waals surface area (Å²) in [7, 11) is -2.57. The summed E-state index contributed by atoms with van der Waals surface area (Å²) in [4.78, 5) is 25.4. The van der Waals surface area contributed by atoms with Gasteiger partial charge in [0.1, 0.15) is 4.90 Å². The minimum absolute atomic E-state index is 0.0899. The van der Waals surface area contributed by atoms with E-state index in [2.05, 4.69) is 5.32 Å². The minimum Gasteiger partial charge on any atom is -0.452 e. The Morgan fingerprint density at radius 2 is 1.50 bits per heavy atom. The van der Waals surface area contributed by atoms with Crippen molar-refractivity contribution in [3.8, 4) is 0 Å². The van der Waals surface area contributed by atoms with Crippen LogP contribution in [0.25, 0.3) is 0 Å². The van der Waals surface area contributed by atoms with Crippen LogP contribution in [0, 0.1) is 17.8 Å². The summed E-state index contributed by atoms with van der Waals surface area (Å²) in [6, 6.07) is 14.5. The first-order chi connectivity index (χ1) is 16.3. The topological polar surface area (TPSA) is 92.8 Å². The molecule has 6 rings (SSSR count). The van der Waals surface area contributed by atoms with Gasteiger partial charge in [-0.2, -0.15) is 0 Å². The lowest BCUT2D eigenvalue weighted by Gasteiger charge is -2.56. The first kappa shape index (κ1) is 22.9. The highest BCUT2D eigenvalue weighted by atomic mass is 32.2. The summed E-state index contributed by atoms with van der Waals surface area (Å²) in [5, 5.41) is 3.17. The molecular weight excluding hydrogens is 452 g/mol. The highest BCUT2D eigenvalue weighted by Gasteiger charge is 2.51. The summed E-state index contributed by atoms with van der Waals surface area (Å²) in [6.45, 7) is -0.427. The number of rotatable bonds is 7. The Morgan fingerprint density at radius 3 is 2.12 bits per heavy atom. The molecular formula is C26H30N2O5S. The average Bonchev–Trinajstić information content (AvgIpc) is 2.81. The first-order valence-corrected chi connectivity index (χ1v) is 13.3. The number of para-hydroxylation sites is 1. The van der Waals surface area contributed by atoms with Crippen molar-refractivity contribution in [3.05, 3.63) is 60.2 Å². The fourth-order valence-corrected chi connectivity index (χ4v) is 7.96. The van der Waals surface area contributed by atoms with E-state index in [4.69, 9.17) is 4.74 Å². The van der Waals surface area contributed by atoms with E-state index in [1.165, 1.54) is 38.4 Å². The van der Waals surface area contributed by atoms with Crippen molar-refractivity contribution in [2.75, 3.05) is 18.0 Å². The number of esters is 1. The van der Waals surface area contributed by atoms with Crippen molar-refractivity contribution < 1.29 is 22.7 Å². The second-order valence-corrected chi connectivity index (χ2v) is 12.1. The second kappa shape index (κ2) is 8.73. The molecule has 34 heavy (non-hydrogen) atoms. The van der Waals surface area contributed by atoms with E-state index in [1.807, 2.05) is 0 Å². The Kier molecular flexibility index (Phi) is 5.88. The number of amides is 1. The fraction of sp³-hybridized carbons (Fsp3) is 0.462. The normalized spacial score (nSPS) is 27.3. The SMILES string of the molecule is CN(c1ccccc1)S(=O)(=O)c1ccccc1C(=O)OCC(=O)NC12CC3CC(CC(C3)C1)C2. The Hall–Kier alpha value is -2.87. The predicted octanol–water partition coefficient (Wildman–Crippen LogP) is 3.75. The van der Waals surface area contributed by atoms with E-state index in [1.54, 1.807) is 42.5 Å². The molecule has 4 saturated carbocycles. The van der Waals surface area contributed by atoms with Gasteiger partial charge in [-0.1, -0.05) is 30.3 Å². The molecule has 4 bridgehead atoms. The number of carbonyl (C=O) groups is 2. The van der Waals surface area contributed by atoms with Gasteiger partial charge in [-0.25, -0.2) is 13.2 Å². The van der Waals surface area contributed by atoms with Gasteiger partial charge in [0, 0.05) is 12.6 Å². The van der Waals surface area contributed by atoms with Crippen LogP contribution in [0.3, 0.4) is 0 Å². The lowest BCUT2D eigenvalue weighted by molar-refractivity contribution is -0.130. The Labute approximate surface area is 200 Å². The summed E-state index contributed by atoms with van der Waals surface area (Å²) in [5.74, 6) is 0.909.